The maximum absolute atomic E-state index is 10.8. The highest BCUT2D eigenvalue weighted by atomic mass is 16.4. The first-order chi connectivity index (χ1) is 7.25. The Morgan fingerprint density at radius 2 is 2.07 bits per heavy atom. The Morgan fingerprint density at radius 1 is 1.33 bits per heavy atom. The topological polar surface area (TPSA) is 61.4 Å². The molecule has 0 aromatic heterocycles. The van der Waals surface area contributed by atoms with Crippen molar-refractivity contribution in [2.45, 2.75) is 31.7 Å². The van der Waals surface area contributed by atoms with E-state index < -0.39 is 5.97 Å². The maximum atomic E-state index is 10.8. The summed E-state index contributed by atoms with van der Waals surface area (Å²) in [4.78, 5) is 10.8. The number of rotatable bonds is 3. The van der Waals surface area contributed by atoms with Gasteiger partial charge in [-0.2, -0.15) is 0 Å². The van der Waals surface area contributed by atoms with Gasteiger partial charge in [-0.25, -0.2) is 0 Å². The molecule has 86 valence electrons. The van der Waals surface area contributed by atoms with Gasteiger partial charge in [0.15, 0.2) is 0 Å². The van der Waals surface area contributed by atoms with Crippen molar-refractivity contribution in [1.29, 1.82) is 0 Å². The van der Waals surface area contributed by atoms with E-state index in [0.717, 1.165) is 31.8 Å². The summed E-state index contributed by atoms with van der Waals surface area (Å²) in [5, 5.41) is 15.6. The number of hydrogen-bond donors (Lipinski definition) is 3. The molecular formula is C11H20N2O2. The van der Waals surface area contributed by atoms with Gasteiger partial charge in [-0.1, -0.05) is 0 Å². The third-order valence-electron chi connectivity index (χ3n) is 3.65. The molecule has 2 unspecified atom stereocenters. The SMILES string of the molecule is O=C(O)C1CNC(CC2CCNCC2)C1. The smallest absolute Gasteiger partial charge is 0.307 e. The van der Waals surface area contributed by atoms with Gasteiger partial charge in [-0.05, 0) is 44.7 Å². The van der Waals surface area contributed by atoms with E-state index in [1.165, 1.54) is 12.8 Å². The number of carbonyl (C=O) groups is 1. The molecule has 0 aromatic rings. The molecule has 0 saturated carbocycles. The van der Waals surface area contributed by atoms with Crippen molar-refractivity contribution in [1.82, 2.24) is 10.6 Å². The number of carboxylic acids is 1. The van der Waals surface area contributed by atoms with Gasteiger partial charge in [0.2, 0.25) is 0 Å². The van der Waals surface area contributed by atoms with E-state index >= 15 is 0 Å². The molecule has 0 aliphatic carbocycles. The molecular weight excluding hydrogens is 192 g/mol. The molecule has 2 aliphatic heterocycles. The minimum Gasteiger partial charge on any atom is -0.481 e. The third kappa shape index (κ3) is 2.92. The van der Waals surface area contributed by atoms with Crippen LogP contribution in [0.4, 0.5) is 0 Å². The minimum absolute atomic E-state index is 0.156. The molecule has 3 N–H and O–H groups in total. The molecule has 0 spiro atoms. The molecule has 15 heavy (non-hydrogen) atoms. The summed E-state index contributed by atoms with van der Waals surface area (Å²) in [6.07, 6.45) is 4.47. The van der Waals surface area contributed by atoms with E-state index in [0.29, 0.717) is 12.6 Å². The fraction of sp³-hybridized carbons (Fsp3) is 0.909. The van der Waals surface area contributed by atoms with Gasteiger partial charge in [0.1, 0.15) is 0 Å². The Kier molecular flexibility index (Phi) is 3.59. The van der Waals surface area contributed by atoms with Crippen molar-refractivity contribution >= 4 is 5.97 Å². The molecule has 2 aliphatic rings. The predicted octanol–water partition coefficient (Wildman–Crippen LogP) is 0.439. The lowest BCUT2D eigenvalue weighted by atomic mass is 9.89. The highest BCUT2D eigenvalue weighted by Gasteiger charge is 2.30. The average Bonchev–Trinajstić information content (AvgIpc) is 2.68. The van der Waals surface area contributed by atoms with Crippen LogP contribution in [-0.2, 0) is 4.79 Å². The van der Waals surface area contributed by atoms with Crippen molar-refractivity contribution in [3.05, 3.63) is 0 Å². The number of carboxylic acid groups (broad SMARTS) is 1. The summed E-state index contributed by atoms with van der Waals surface area (Å²) in [7, 11) is 0. The van der Waals surface area contributed by atoms with Crippen LogP contribution < -0.4 is 10.6 Å². The Hall–Kier alpha value is -0.610. The van der Waals surface area contributed by atoms with E-state index in [1.54, 1.807) is 0 Å². The number of piperidine rings is 1. The average molecular weight is 212 g/mol. The van der Waals surface area contributed by atoms with Crippen LogP contribution in [0.1, 0.15) is 25.7 Å². The molecule has 0 radical (unpaired) electrons. The van der Waals surface area contributed by atoms with Crippen molar-refractivity contribution in [2.24, 2.45) is 11.8 Å². The van der Waals surface area contributed by atoms with Gasteiger partial charge in [0.25, 0.3) is 0 Å². The summed E-state index contributed by atoms with van der Waals surface area (Å²) < 4.78 is 0. The van der Waals surface area contributed by atoms with Crippen LogP contribution in [0.25, 0.3) is 0 Å². The van der Waals surface area contributed by atoms with E-state index in [-0.39, 0.29) is 5.92 Å². The largest absolute Gasteiger partial charge is 0.481 e. The Balaban J connectivity index is 1.74. The van der Waals surface area contributed by atoms with Crippen LogP contribution >= 0.6 is 0 Å². The van der Waals surface area contributed by atoms with Gasteiger partial charge in [-0.3, -0.25) is 4.79 Å². The molecule has 0 bridgehead atoms. The van der Waals surface area contributed by atoms with Gasteiger partial charge in [-0.15, -0.1) is 0 Å². The number of aliphatic carboxylic acids is 1. The van der Waals surface area contributed by atoms with Crippen LogP contribution in [0.2, 0.25) is 0 Å². The second-order valence-electron chi connectivity index (χ2n) is 4.81. The summed E-state index contributed by atoms with van der Waals surface area (Å²) in [5.41, 5.74) is 0. The third-order valence-corrected chi connectivity index (χ3v) is 3.65. The lowest BCUT2D eigenvalue weighted by Crippen LogP contribution is -2.32. The second-order valence-corrected chi connectivity index (χ2v) is 4.81. The molecule has 0 aromatic carbocycles. The summed E-state index contributed by atoms with van der Waals surface area (Å²) >= 11 is 0. The zero-order valence-electron chi connectivity index (χ0n) is 9.04. The Morgan fingerprint density at radius 3 is 2.67 bits per heavy atom. The van der Waals surface area contributed by atoms with Crippen LogP contribution in [-0.4, -0.2) is 36.8 Å². The highest BCUT2D eigenvalue weighted by Crippen LogP contribution is 2.24. The first-order valence-electron chi connectivity index (χ1n) is 5.92. The Bertz CT molecular complexity index is 227. The van der Waals surface area contributed by atoms with Crippen LogP contribution in [0.3, 0.4) is 0 Å². The molecule has 0 amide bonds. The molecule has 4 heteroatoms. The lowest BCUT2D eigenvalue weighted by Gasteiger charge is -2.25. The van der Waals surface area contributed by atoms with Crippen molar-refractivity contribution in [3.63, 3.8) is 0 Å². The van der Waals surface area contributed by atoms with Gasteiger partial charge < -0.3 is 15.7 Å². The maximum Gasteiger partial charge on any atom is 0.307 e. The van der Waals surface area contributed by atoms with Gasteiger partial charge in [0.05, 0.1) is 5.92 Å². The van der Waals surface area contributed by atoms with Gasteiger partial charge in [0, 0.05) is 12.6 Å². The van der Waals surface area contributed by atoms with Crippen LogP contribution in [0, 0.1) is 11.8 Å². The molecule has 2 heterocycles. The zero-order chi connectivity index (χ0) is 10.7. The summed E-state index contributed by atoms with van der Waals surface area (Å²) in [6.45, 7) is 2.91. The fourth-order valence-electron chi connectivity index (χ4n) is 2.71. The highest BCUT2D eigenvalue weighted by molar-refractivity contribution is 5.70. The number of nitrogens with one attached hydrogen (secondary N) is 2. The lowest BCUT2D eigenvalue weighted by molar-refractivity contribution is -0.141. The van der Waals surface area contributed by atoms with E-state index in [2.05, 4.69) is 10.6 Å². The monoisotopic (exact) mass is 212 g/mol. The van der Waals surface area contributed by atoms with E-state index in [9.17, 15) is 4.79 Å². The Labute approximate surface area is 90.4 Å². The number of hydrogen-bond acceptors (Lipinski definition) is 3. The summed E-state index contributed by atoms with van der Waals surface area (Å²) in [5.74, 6) is -0.0108. The van der Waals surface area contributed by atoms with E-state index in [1.807, 2.05) is 0 Å². The second kappa shape index (κ2) is 4.94. The minimum atomic E-state index is -0.643. The van der Waals surface area contributed by atoms with Crippen molar-refractivity contribution in [2.75, 3.05) is 19.6 Å². The van der Waals surface area contributed by atoms with Crippen LogP contribution in [0.5, 0.6) is 0 Å². The molecule has 2 rings (SSSR count). The fourth-order valence-corrected chi connectivity index (χ4v) is 2.71. The normalized spacial score (nSPS) is 33.1. The molecule has 2 fully saturated rings. The first kappa shape index (κ1) is 10.9. The standard InChI is InChI=1S/C11H20N2O2/c14-11(15)9-6-10(13-7-9)5-8-1-3-12-4-2-8/h8-10,12-13H,1-7H2,(H,14,15). The predicted molar refractivity (Wildman–Crippen MR) is 57.7 cm³/mol. The molecule has 4 nitrogen and oxygen atoms in total. The van der Waals surface area contributed by atoms with E-state index in [4.69, 9.17) is 5.11 Å². The van der Waals surface area contributed by atoms with Crippen molar-refractivity contribution in [3.8, 4) is 0 Å². The van der Waals surface area contributed by atoms with Crippen molar-refractivity contribution < 1.29 is 9.90 Å². The quantitative estimate of drug-likeness (QED) is 0.635. The summed E-state index contributed by atoms with van der Waals surface area (Å²) in [6, 6.07) is 0.439. The van der Waals surface area contributed by atoms with Gasteiger partial charge >= 0.3 is 5.97 Å². The first-order valence-corrected chi connectivity index (χ1v) is 5.92. The molecule has 2 saturated heterocycles. The zero-order valence-corrected chi connectivity index (χ0v) is 9.04. The molecule has 2 atom stereocenters. The van der Waals surface area contributed by atoms with Crippen LogP contribution in [0.15, 0.2) is 0 Å².